The van der Waals surface area contributed by atoms with Gasteiger partial charge in [-0.3, -0.25) is 0 Å². The molecule has 0 saturated carbocycles. The third kappa shape index (κ3) is 3.02. The van der Waals surface area contributed by atoms with Gasteiger partial charge in [0, 0.05) is 13.1 Å². The van der Waals surface area contributed by atoms with Gasteiger partial charge < -0.3 is 5.32 Å². The van der Waals surface area contributed by atoms with Gasteiger partial charge >= 0.3 is 0 Å². The van der Waals surface area contributed by atoms with Crippen LogP contribution in [-0.2, 0) is 25.9 Å². The van der Waals surface area contributed by atoms with Gasteiger partial charge in [0.05, 0.1) is 0 Å². The minimum absolute atomic E-state index is 0.170. The Morgan fingerprint density at radius 2 is 1.68 bits per heavy atom. The van der Waals surface area contributed by atoms with Crippen molar-refractivity contribution in [3.63, 3.8) is 0 Å². The minimum Gasteiger partial charge on any atom is -0.309 e. The van der Waals surface area contributed by atoms with Gasteiger partial charge in [-0.1, -0.05) is 30.3 Å². The van der Waals surface area contributed by atoms with Gasteiger partial charge in [-0.25, -0.2) is 4.39 Å². The van der Waals surface area contributed by atoms with Gasteiger partial charge in [-0.15, -0.1) is 0 Å². The van der Waals surface area contributed by atoms with Crippen molar-refractivity contribution in [2.75, 3.05) is 0 Å². The number of hydrogen-bond acceptors (Lipinski definition) is 1. The summed E-state index contributed by atoms with van der Waals surface area (Å²) < 4.78 is 13.0. The second kappa shape index (κ2) is 5.54. The highest BCUT2D eigenvalue weighted by molar-refractivity contribution is 5.35. The van der Waals surface area contributed by atoms with Crippen LogP contribution in [-0.4, -0.2) is 0 Å². The van der Waals surface area contributed by atoms with E-state index in [2.05, 4.69) is 23.5 Å². The number of rotatable bonds is 4. The zero-order valence-electron chi connectivity index (χ0n) is 11.0. The summed E-state index contributed by atoms with van der Waals surface area (Å²) in [4.78, 5) is 0. The summed E-state index contributed by atoms with van der Waals surface area (Å²) in [6, 6.07) is 13.5. The highest BCUT2D eigenvalue weighted by atomic mass is 19.1. The maximum absolute atomic E-state index is 13.0. The molecule has 1 aliphatic rings. The third-order valence-electron chi connectivity index (χ3n) is 3.71. The van der Waals surface area contributed by atoms with Crippen LogP contribution in [0.4, 0.5) is 4.39 Å². The molecule has 0 bridgehead atoms. The Labute approximate surface area is 113 Å². The third-order valence-corrected chi connectivity index (χ3v) is 3.71. The van der Waals surface area contributed by atoms with Gasteiger partial charge in [-0.2, -0.15) is 0 Å². The highest BCUT2D eigenvalue weighted by Gasteiger charge is 2.10. The van der Waals surface area contributed by atoms with Gasteiger partial charge in [-0.05, 0) is 53.6 Å². The number of benzene rings is 2. The number of nitrogens with one attached hydrogen (secondary N) is 1. The van der Waals surface area contributed by atoms with E-state index >= 15 is 0 Å². The van der Waals surface area contributed by atoms with Crippen molar-refractivity contribution >= 4 is 0 Å². The molecule has 1 N–H and O–H groups in total. The zero-order valence-corrected chi connectivity index (χ0v) is 11.0. The maximum Gasteiger partial charge on any atom is 0.123 e. The molecular weight excluding hydrogens is 237 g/mol. The molecule has 0 amide bonds. The van der Waals surface area contributed by atoms with Gasteiger partial charge in [0.1, 0.15) is 5.82 Å². The van der Waals surface area contributed by atoms with Crippen LogP contribution in [0.2, 0.25) is 0 Å². The summed E-state index contributed by atoms with van der Waals surface area (Å²) in [7, 11) is 0. The lowest BCUT2D eigenvalue weighted by Gasteiger charge is -2.07. The van der Waals surface area contributed by atoms with Crippen LogP contribution in [0.15, 0.2) is 42.5 Å². The van der Waals surface area contributed by atoms with E-state index in [9.17, 15) is 4.39 Å². The van der Waals surface area contributed by atoms with Crippen LogP contribution in [0.3, 0.4) is 0 Å². The van der Waals surface area contributed by atoms with Crippen molar-refractivity contribution in [2.24, 2.45) is 0 Å². The number of halogens is 1. The molecule has 0 heterocycles. The smallest absolute Gasteiger partial charge is 0.123 e. The molecule has 1 nitrogen and oxygen atoms in total. The Kier molecular flexibility index (Phi) is 3.60. The van der Waals surface area contributed by atoms with Crippen LogP contribution < -0.4 is 5.32 Å². The molecule has 0 spiro atoms. The quantitative estimate of drug-likeness (QED) is 0.880. The Hall–Kier alpha value is -1.67. The summed E-state index contributed by atoms with van der Waals surface area (Å²) in [6.45, 7) is 1.54. The molecule has 0 aliphatic heterocycles. The van der Waals surface area contributed by atoms with E-state index in [1.807, 2.05) is 6.07 Å². The maximum atomic E-state index is 13.0. The van der Waals surface area contributed by atoms with Crippen LogP contribution in [0.25, 0.3) is 0 Å². The number of aryl methyl sites for hydroxylation is 2. The topological polar surface area (TPSA) is 12.0 Å². The van der Waals surface area contributed by atoms with Crippen LogP contribution in [0, 0.1) is 5.82 Å². The molecule has 0 fully saturated rings. The molecule has 3 rings (SSSR count). The lowest BCUT2D eigenvalue weighted by Crippen LogP contribution is -2.12. The SMILES string of the molecule is Fc1cccc(CNCc2ccc3c(c2)CCC3)c1. The minimum atomic E-state index is -0.170. The van der Waals surface area contributed by atoms with Gasteiger partial charge in [0.15, 0.2) is 0 Å². The Morgan fingerprint density at radius 3 is 2.53 bits per heavy atom. The number of fused-ring (bicyclic) bond motifs is 1. The molecule has 2 heteroatoms. The molecule has 0 radical (unpaired) electrons. The van der Waals surface area contributed by atoms with Crippen molar-refractivity contribution in [1.29, 1.82) is 0 Å². The molecule has 2 aromatic carbocycles. The van der Waals surface area contributed by atoms with E-state index in [0.717, 1.165) is 12.1 Å². The predicted octanol–water partition coefficient (Wildman–Crippen LogP) is 3.60. The number of hydrogen-bond donors (Lipinski definition) is 1. The summed E-state index contributed by atoms with van der Waals surface area (Å²) >= 11 is 0. The fourth-order valence-corrected chi connectivity index (χ4v) is 2.73. The Bertz CT molecular complexity index is 577. The summed E-state index contributed by atoms with van der Waals surface area (Å²) in [5.41, 5.74) is 5.32. The Balaban J connectivity index is 1.58. The zero-order chi connectivity index (χ0) is 13.1. The van der Waals surface area contributed by atoms with E-state index in [-0.39, 0.29) is 5.82 Å². The van der Waals surface area contributed by atoms with Crippen LogP contribution >= 0.6 is 0 Å². The van der Waals surface area contributed by atoms with E-state index in [0.29, 0.717) is 6.54 Å². The summed E-state index contributed by atoms with van der Waals surface area (Å²) in [5, 5.41) is 3.37. The second-order valence-electron chi connectivity index (χ2n) is 5.19. The first-order chi connectivity index (χ1) is 9.31. The molecule has 0 atom stereocenters. The van der Waals surface area contributed by atoms with Crippen molar-refractivity contribution in [2.45, 2.75) is 32.4 Å². The summed E-state index contributed by atoms with van der Waals surface area (Å²) in [6.07, 6.45) is 3.73. The van der Waals surface area contributed by atoms with Crippen molar-refractivity contribution in [3.05, 3.63) is 70.5 Å². The van der Waals surface area contributed by atoms with E-state index < -0.39 is 0 Å². The van der Waals surface area contributed by atoms with E-state index in [1.165, 1.54) is 42.0 Å². The molecule has 0 saturated heterocycles. The fourth-order valence-electron chi connectivity index (χ4n) is 2.73. The average Bonchev–Trinajstić information content (AvgIpc) is 2.86. The van der Waals surface area contributed by atoms with Gasteiger partial charge in [0.2, 0.25) is 0 Å². The van der Waals surface area contributed by atoms with E-state index in [4.69, 9.17) is 0 Å². The first-order valence-corrected chi connectivity index (χ1v) is 6.87. The Morgan fingerprint density at radius 1 is 0.895 bits per heavy atom. The predicted molar refractivity (Wildman–Crippen MR) is 75.4 cm³/mol. The van der Waals surface area contributed by atoms with Crippen LogP contribution in [0.1, 0.15) is 28.7 Å². The molecule has 19 heavy (non-hydrogen) atoms. The van der Waals surface area contributed by atoms with Crippen molar-refractivity contribution < 1.29 is 4.39 Å². The highest BCUT2D eigenvalue weighted by Crippen LogP contribution is 2.22. The molecule has 0 unspecified atom stereocenters. The van der Waals surface area contributed by atoms with Crippen molar-refractivity contribution in [1.82, 2.24) is 5.32 Å². The average molecular weight is 255 g/mol. The molecule has 1 aliphatic carbocycles. The first-order valence-electron chi connectivity index (χ1n) is 6.87. The molecular formula is C17H18FN. The monoisotopic (exact) mass is 255 g/mol. The lowest BCUT2D eigenvalue weighted by atomic mass is 10.1. The first kappa shape index (κ1) is 12.4. The largest absolute Gasteiger partial charge is 0.309 e. The lowest BCUT2D eigenvalue weighted by molar-refractivity contribution is 0.620. The molecule has 98 valence electrons. The fraction of sp³-hybridized carbons (Fsp3) is 0.294. The van der Waals surface area contributed by atoms with Gasteiger partial charge in [0.25, 0.3) is 0 Å². The summed E-state index contributed by atoms with van der Waals surface area (Å²) in [5.74, 6) is -0.170. The standard InChI is InChI=1S/C17H18FN/c18-17-6-1-3-13(10-17)11-19-12-14-7-8-15-4-2-5-16(15)9-14/h1,3,6-10,19H,2,4-5,11-12H2. The molecule has 0 aromatic heterocycles. The van der Waals surface area contributed by atoms with Crippen LogP contribution in [0.5, 0.6) is 0 Å². The molecule has 2 aromatic rings. The van der Waals surface area contributed by atoms with E-state index in [1.54, 1.807) is 12.1 Å². The van der Waals surface area contributed by atoms with Crippen molar-refractivity contribution in [3.8, 4) is 0 Å². The normalized spacial score (nSPS) is 13.5. The second-order valence-corrected chi connectivity index (χ2v) is 5.19.